The third-order valence-corrected chi connectivity index (χ3v) is 5.07. The van der Waals surface area contributed by atoms with Crippen molar-refractivity contribution in [2.24, 2.45) is 7.05 Å². The van der Waals surface area contributed by atoms with Crippen LogP contribution in [0.15, 0.2) is 59.8 Å². The summed E-state index contributed by atoms with van der Waals surface area (Å²) < 4.78 is 13.4. The second kappa shape index (κ2) is 9.50. The lowest BCUT2D eigenvalue weighted by Crippen LogP contribution is -2.05. The maximum absolute atomic E-state index is 6.09. The van der Waals surface area contributed by atoms with Crippen molar-refractivity contribution in [3.63, 3.8) is 0 Å². The van der Waals surface area contributed by atoms with Crippen molar-refractivity contribution in [1.82, 2.24) is 14.8 Å². The number of benzene rings is 2. The van der Waals surface area contributed by atoms with E-state index in [2.05, 4.69) is 10.2 Å². The standard InChI is InChI=1S/C19H20ClN3O2S/c1-23-18(14-25-17-11-6-5-10-16(17)20)21-22-19(23)26-13-7-12-24-15-8-3-2-4-9-15/h2-6,8-11H,7,12-14H2,1H3. The minimum Gasteiger partial charge on any atom is -0.494 e. The van der Waals surface area contributed by atoms with Crippen LogP contribution in [0.2, 0.25) is 5.02 Å². The Morgan fingerprint density at radius 1 is 1.00 bits per heavy atom. The van der Waals surface area contributed by atoms with Crippen LogP contribution >= 0.6 is 23.4 Å². The van der Waals surface area contributed by atoms with Crippen molar-refractivity contribution >= 4 is 23.4 Å². The lowest BCUT2D eigenvalue weighted by atomic mass is 10.3. The van der Waals surface area contributed by atoms with Crippen molar-refractivity contribution in [2.45, 2.75) is 18.2 Å². The molecule has 0 bridgehead atoms. The number of halogens is 1. The van der Waals surface area contributed by atoms with Gasteiger partial charge in [0.2, 0.25) is 0 Å². The van der Waals surface area contributed by atoms with Gasteiger partial charge in [-0.25, -0.2) is 0 Å². The van der Waals surface area contributed by atoms with E-state index in [9.17, 15) is 0 Å². The largest absolute Gasteiger partial charge is 0.494 e. The number of para-hydroxylation sites is 2. The van der Waals surface area contributed by atoms with E-state index in [0.29, 0.717) is 24.0 Å². The highest BCUT2D eigenvalue weighted by atomic mass is 35.5. The fourth-order valence-corrected chi connectivity index (χ4v) is 3.26. The average molecular weight is 390 g/mol. The molecular formula is C19H20ClN3O2S. The molecule has 0 N–H and O–H groups in total. The van der Waals surface area contributed by atoms with Gasteiger partial charge in [0.25, 0.3) is 0 Å². The van der Waals surface area contributed by atoms with Crippen LogP contribution in [-0.4, -0.2) is 27.1 Å². The van der Waals surface area contributed by atoms with Crippen LogP contribution in [-0.2, 0) is 13.7 Å². The molecule has 0 spiro atoms. The molecule has 26 heavy (non-hydrogen) atoms. The smallest absolute Gasteiger partial charge is 0.191 e. The summed E-state index contributed by atoms with van der Waals surface area (Å²) in [5.41, 5.74) is 0. The topological polar surface area (TPSA) is 49.2 Å². The molecule has 136 valence electrons. The van der Waals surface area contributed by atoms with Crippen LogP contribution in [0.4, 0.5) is 0 Å². The van der Waals surface area contributed by atoms with Gasteiger partial charge in [0, 0.05) is 12.8 Å². The summed E-state index contributed by atoms with van der Waals surface area (Å²) in [6.07, 6.45) is 0.928. The van der Waals surface area contributed by atoms with Gasteiger partial charge in [-0.15, -0.1) is 10.2 Å². The highest BCUT2D eigenvalue weighted by Crippen LogP contribution is 2.24. The number of thioether (sulfide) groups is 1. The van der Waals surface area contributed by atoms with E-state index >= 15 is 0 Å². The van der Waals surface area contributed by atoms with Crippen molar-refractivity contribution in [3.8, 4) is 11.5 Å². The third kappa shape index (κ3) is 5.16. The van der Waals surface area contributed by atoms with E-state index < -0.39 is 0 Å². The lowest BCUT2D eigenvalue weighted by molar-refractivity contribution is 0.290. The maximum atomic E-state index is 6.09. The summed E-state index contributed by atoms with van der Waals surface area (Å²) in [5, 5.41) is 9.88. The molecule has 0 amide bonds. The quantitative estimate of drug-likeness (QED) is 0.395. The Kier molecular flexibility index (Phi) is 6.80. The molecule has 0 saturated heterocycles. The van der Waals surface area contributed by atoms with E-state index in [-0.39, 0.29) is 0 Å². The van der Waals surface area contributed by atoms with Crippen LogP contribution < -0.4 is 9.47 Å². The summed E-state index contributed by atoms with van der Waals surface area (Å²) in [6, 6.07) is 17.2. The zero-order valence-corrected chi connectivity index (χ0v) is 16.0. The zero-order chi connectivity index (χ0) is 18.2. The number of rotatable bonds is 9. The Morgan fingerprint density at radius 3 is 2.58 bits per heavy atom. The Hall–Kier alpha value is -2.18. The Balaban J connectivity index is 1.43. The first-order chi connectivity index (χ1) is 12.7. The first-order valence-electron chi connectivity index (χ1n) is 8.30. The predicted molar refractivity (Wildman–Crippen MR) is 104 cm³/mol. The first-order valence-corrected chi connectivity index (χ1v) is 9.66. The molecule has 0 saturated carbocycles. The number of ether oxygens (including phenoxy) is 2. The molecule has 0 aliphatic carbocycles. The van der Waals surface area contributed by atoms with E-state index in [1.807, 2.05) is 60.1 Å². The molecule has 0 unspecified atom stereocenters. The number of nitrogens with zero attached hydrogens (tertiary/aromatic N) is 3. The molecule has 7 heteroatoms. The van der Waals surface area contributed by atoms with Crippen LogP contribution in [0.5, 0.6) is 11.5 Å². The molecule has 0 fully saturated rings. The van der Waals surface area contributed by atoms with Gasteiger partial charge < -0.3 is 14.0 Å². The molecule has 0 atom stereocenters. The van der Waals surface area contributed by atoms with E-state index in [1.165, 1.54) is 0 Å². The normalized spacial score (nSPS) is 10.7. The summed E-state index contributed by atoms with van der Waals surface area (Å²) in [5.74, 6) is 3.21. The number of hydrogen-bond donors (Lipinski definition) is 0. The molecule has 1 aromatic heterocycles. The van der Waals surface area contributed by atoms with Crippen LogP contribution in [0.3, 0.4) is 0 Å². The lowest BCUT2D eigenvalue weighted by Gasteiger charge is -2.08. The summed E-state index contributed by atoms with van der Waals surface area (Å²) in [7, 11) is 1.94. The van der Waals surface area contributed by atoms with Gasteiger partial charge in [-0.05, 0) is 30.7 Å². The van der Waals surface area contributed by atoms with Gasteiger partial charge in [0.1, 0.15) is 18.1 Å². The predicted octanol–water partition coefficient (Wildman–Crippen LogP) is 4.61. The molecule has 5 nitrogen and oxygen atoms in total. The average Bonchev–Trinajstić information content (AvgIpc) is 3.01. The summed E-state index contributed by atoms with van der Waals surface area (Å²) >= 11 is 7.75. The summed E-state index contributed by atoms with van der Waals surface area (Å²) in [4.78, 5) is 0. The molecule has 0 aliphatic rings. The highest BCUT2D eigenvalue weighted by Gasteiger charge is 2.10. The van der Waals surface area contributed by atoms with Gasteiger partial charge in [-0.2, -0.15) is 0 Å². The first kappa shape index (κ1) is 18.6. The van der Waals surface area contributed by atoms with Crippen molar-refractivity contribution in [1.29, 1.82) is 0 Å². The van der Waals surface area contributed by atoms with Crippen molar-refractivity contribution < 1.29 is 9.47 Å². The third-order valence-electron chi connectivity index (χ3n) is 3.65. The van der Waals surface area contributed by atoms with E-state index in [4.69, 9.17) is 21.1 Å². The minimum absolute atomic E-state index is 0.324. The fourth-order valence-electron chi connectivity index (χ4n) is 2.23. The minimum atomic E-state index is 0.324. The van der Waals surface area contributed by atoms with E-state index in [1.54, 1.807) is 17.8 Å². The number of aromatic nitrogens is 3. The Labute approximate surface area is 162 Å². The maximum Gasteiger partial charge on any atom is 0.191 e. The van der Waals surface area contributed by atoms with Crippen LogP contribution in [0.1, 0.15) is 12.2 Å². The molecule has 0 radical (unpaired) electrons. The molecule has 2 aromatic carbocycles. The fraction of sp³-hybridized carbons (Fsp3) is 0.263. The number of hydrogen-bond acceptors (Lipinski definition) is 5. The van der Waals surface area contributed by atoms with Gasteiger partial charge in [0.15, 0.2) is 11.0 Å². The van der Waals surface area contributed by atoms with E-state index in [0.717, 1.165) is 28.9 Å². The zero-order valence-electron chi connectivity index (χ0n) is 14.5. The van der Waals surface area contributed by atoms with Gasteiger partial charge >= 0.3 is 0 Å². The van der Waals surface area contributed by atoms with Crippen LogP contribution in [0.25, 0.3) is 0 Å². The van der Waals surface area contributed by atoms with Crippen LogP contribution in [0, 0.1) is 0 Å². The molecule has 3 aromatic rings. The Bertz CT molecular complexity index is 827. The second-order valence-electron chi connectivity index (χ2n) is 5.54. The molecule has 3 rings (SSSR count). The second-order valence-corrected chi connectivity index (χ2v) is 7.01. The van der Waals surface area contributed by atoms with Gasteiger partial charge in [0.05, 0.1) is 11.6 Å². The highest BCUT2D eigenvalue weighted by molar-refractivity contribution is 7.99. The summed E-state index contributed by atoms with van der Waals surface area (Å²) in [6.45, 7) is 1.00. The molecule has 1 heterocycles. The van der Waals surface area contributed by atoms with Gasteiger partial charge in [-0.1, -0.05) is 53.7 Å². The van der Waals surface area contributed by atoms with Crippen molar-refractivity contribution in [3.05, 3.63) is 65.4 Å². The Morgan fingerprint density at radius 2 is 1.77 bits per heavy atom. The monoisotopic (exact) mass is 389 g/mol. The molecular weight excluding hydrogens is 370 g/mol. The van der Waals surface area contributed by atoms with Crippen molar-refractivity contribution in [2.75, 3.05) is 12.4 Å². The SMILES string of the molecule is Cn1c(COc2ccccc2Cl)nnc1SCCCOc1ccccc1. The molecule has 0 aliphatic heterocycles. The van der Waals surface area contributed by atoms with Gasteiger partial charge in [-0.3, -0.25) is 0 Å².